The first kappa shape index (κ1) is 19.5. The highest BCUT2D eigenvalue weighted by molar-refractivity contribution is 6.30. The van der Waals surface area contributed by atoms with Gasteiger partial charge in [-0.2, -0.15) is 0 Å². The molecule has 0 unspecified atom stereocenters. The Labute approximate surface area is 177 Å². The molecule has 4 aromatic carbocycles. The van der Waals surface area contributed by atoms with E-state index in [9.17, 15) is 0 Å². The predicted octanol–water partition coefficient (Wildman–Crippen LogP) is 6.92. The van der Waals surface area contributed by atoms with Crippen LogP contribution in [-0.4, -0.2) is 0 Å². The molecule has 0 aliphatic carbocycles. The number of hydrogen-bond donors (Lipinski definition) is 1. The van der Waals surface area contributed by atoms with E-state index in [1.165, 1.54) is 21.9 Å². The van der Waals surface area contributed by atoms with E-state index in [-0.39, 0.29) is 6.04 Å². The van der Waals surface area contributed by atoms with Crippen LogP contribution < -0.4 is 10.1 Å². The molecule has 2 nitrogen and oxygen atoms in total. The minimum Gasteiger partial charge on any atom is -0.489 e. The van der Waals surface area contributed by atoms with Crippen molar-refractivity contribution in [1.82, 2.24) is 5.32 Å². The van der Waals surface area contributed by atoms with Crippen LogP contribution in [-0.2, 0) is 13.2 Å². The zero-order chi connectivity index (χ0) is 20.1. The van der Waals surface area contributed by atoms with Gasteiger partial charge < -0.3 is 10.1 Å². The Morgan fingerprint density at radius 3 is 2.48 bits per heavy atom. The number of benzene rings is 4. The van der Waals surface area contributed by atoms with Crippen LogP contribution in [0.15, 0.2) is 91.0 Å². The normalized spacial score (nSPS) is 12.1. The third-order valence-electron chi connectivity index (χ3n) is 5.17. The van der Waals surface area contributed by atoms with Gasteiger partial charge in [0.25, 0.3) is 0 Å². The highest BCUT2D eigenvalue weighted by Gasteiger charge is 2.12. The smallest absolute Gasteiger partial charge is 0.124 e. The van der Waals surface area contributed by atoms with Crippen molar-refractivity contribution in [2.45, 2.75) is 26.1 Å². The molecule has 1 N–H and O–H groups in total. The van der Waals surface area contributed by atoms with Gasteiger partial charge in [-0.3, -0.25) is 0 Å². The van der Waals surface area contributed by atoms with Gasteiger partial charge in [-0.1, -0.05) is 84.4 Å². The fourth-order valence-electron chi connectivity index (χ4n) is 3.54. The van der Waals surface area contributed by atoms with Crippen LogP contribution in [0.4, 0.5) is 0 Å². The predicted molar refractivity (Wildman–Crippen MR) is 121 cm³/mol. The first-order valence-electron chi connectivity index (χ1n) is 9.87. The quantitative estimate of drug-likeness (QED) is 0.362. The van der Waals surface area contributed by atoms with E-state index >= 15 is 0 Å². The molecular formula is C26H24ClNO. The maximum Gasteiger partial charge on any atom is 0.124 e. The number of halogens is 1. The number of nitrogens with one attached hydrogen (secondary N) is 1. The Morgan fingerprint density at radius 1 is 0.862 bits per heavy atom. The van der Waals surface area contributed by atoms with Gasteiger partial charge in [0.2, 0.25) is 0 Å². The lowest BCUT2D eigenvalue weighted by Crippen LogP contribution is -2.18. The number of rotatable bonds is 7. The Balaban J connectivity index is 1.58. The summed E-state index contributed by atoms with van der Waals surface area (Å²) in [7, 11) is 0. The van der Waals surface area contributed by atoms with Crippen molar-refractivity contribution in [2.24, 2.45) is 0 Å². The van der Waals surface area contributed by atoms with E-state index in [1.54, 1.807) is 0 Å². The van der Waals surface area contributed by atoms with Crippen molar-refractivity contribution in [3.63, 3.8) is 0 Å². The Morgan fingerprint density at radius 2 is 1.66 bits per heavy atom. The van der Waals surface area contributed by atoms with Crippen molar-refractivity contribution in [1.29, 1.82) is 0 Å². The van der Waals surface area contributed by atoms with Crippen LogP contribution in [0.5, 0.6) is 5.75 Å². The van der Waals surface area contributed by atoms with Gasteiger partial charge in [0.15, 0.2) is 0 Å². The Kier molecular flexibility index (Phi) is 6.14. The van der Waals surface area contributed by atoms with Crippen molar-refractivity contribution < 1.29 is 4.74 Å². The summed E-state index contributed by atoms with van der Waals surface area (Å²) in [6.45, 7) is 3.40. The van der Waals surface area contributed by atoms with Gasteiger partial charge in [-0.05, 0) is 47.0 Å². The summed E-state index contributed by atoms with van der Waals surface area (Å²) < 4.78 is 6.23. The third kappa shape index (κ3) is 4.79. The summed E-state index contributed by atoms with van der Waals surface area (Å²) in [6, 6.07) is 31.2. The van der Waals surface area contributed by atoms with Crippen molar-refractivity contribution in [3.8, 4) is 5.75 Å². The number of fused-ring (bicyclic) bond motifs is 1. The van der Waals surface area contributed by atoms with E-state index in [1.807, 2.05) is 30.3 Å². The summed E-state index contributed by atoms with van der Waals surface area (Å²) in [4.78, 5) is 0. The highest BCUT2D eigenvalue weighted by Crippen LogP contribution is 2.29. The van der Waals surface area contributed by atoms with E-state index in [4.69, 9.17) is 16.3 Å². The fraction of sp³-hybridized carbons (Fsp3) is 0.154. The van der Waals surface area contributed by atoms with Crippen LogP contribution in [0.25, 0.3) is 10.8 Å². The van der Waals surface area contributed by atoms with E-state index in [2.05, 4.69) is 72.9 Å². The molecule has 0 amide bonds. The minimum absolute atomic E-state index is 0.246. The molecule has 0 aliphatic heterocycles. The molecule has 0 saturated heterocycles. The summed E-state index contributed by atoms with van der Waals surface area (Å²) >= 11 is 6.11. The molecule has 0 bridgehead atoms. The molecule has 4 rings (SSSR count). The van der Waals surface area contributed by atoms with Gasteiger partial charge in [0.05, 0.1) is 0 Å². The van der Waals surface area contributed by atoms with Gasteiger partial charge in [0, 0.05) is 23.2 Å². The maximum absolute atomic E-state index is 6.23. The summed E-state index contributed by atoms with van der Waals surface area (Å²) in [5, 5.41) is 6.81. The molecule has 0 radical (unpaired) electrons. The first-order valence-corrected chi connectivity index (χ1v) is 10.2. The molecule has 0 aromatic heterocycles. The number of hydrogen-bond acceptors (Lipinski definition) is 2. The third-order valence-corrected chi connectivity index (χ3v) is 5.40. The van der Waals surface area contributed by atoms with Crippen LogP contribution >= 0.6 is 11.6 Å². The van der Waals surface area contributed by atoms with Gasteiger partial charge in [-0.25, -0.2) is 0 Å². The lowest BCUT2D eigenvalue weighted by Gasteiger charge is -2.18. The van der Waals surface area contributed by atoms with Gasteiger partial charge in [-0.15, -0.1) is 0 Å². The molecule has 146 valence electrons. The first-order chi connectivity index (χ1) is 14.2. The Hall–Kier alpha value is -2.81. The van der Waals surface area contributed by atoms with Gasteiger partial charge in [0.1, 0.15) is 12.4 Å². The zero-order valence-corrected chi connectivity index (χ0v) is 17.2. The standard InChI is InChI=1S/C26H24ClNO/c1-19(21-9-3-2-4-10-21)28-17-25-24-13-6-5-11-22(24)14-15-26(25)29-18-20-8-7-12-23(27)16-20/h2-16,19,28H,17-18H2,1H3/t19-/m1/s1. The maximum atomic E-state index is 6.23. The summed E-state index contributed by atoms with van der Waals surface area (Å²) in [5.41, 5.74) is 3.50. The Bertz CT molecular complexity index is 1090. The highest BCUT2D eigenvalue weighted by atomic mass is 35.5. The van der Waals surface area contributed by atoms with Crippen molar-refractivity contribution in [2.75, 3.05) is 0 Å². The monoisotopic (exact) mass is 401 g/mol. The molecule has 0 heterocycles. The van der Waals surface area contributed by atoms with Crippen LogP contribution in [0.1, 0.15) is 29.7 Å². The average Bonchev–Trinajstić information content (AvgIpc) is 2.77. The molecule has 0 spiro atoms. The van der Waals surface area contributed by atoms with Gasteiger partial charge >= 0.3 is 0 Å². The second-order valence-corrected chi connectivity index (χ2v) is 7.63. The molecule has 4 aromatic rings. The molecule has 0 saturated carbocycles. The van der Waals surface area contributed by atoms with E-state index < -0.39 is 0 Å². The van der Waals surface area contributed by atoms with Crippen molar-refractivity contribution >= 4 is 22.4 Å². The van der Waals surface area contributed by atoms with Crippen LogP contribution in [0, 0.1) is 0 Å². The molecule has 3 heteroatoms. The largest absolute Gasteiger partial charge is 0.489 e. The zero-order valence-electron chi connectivity index (χ0n) is 16.4. The minimum atomic E-state index is 0.246. The van der Waals surface area contributed by atoms with E-state index in [0.29, 0.717) is 6.61 Å². The topological polar surface area (TPSA) is 21.3 Å². The molecular weight excluding hydrogens is 378 g/mol. The number of ether oxygens (including phenoxy) is 1. The average molecular weight is 402 g/mol. The SMILES string of the molecule is C[C@@H](NCc1c(OCc2cccc(Cl)c2)ccc2ccccc12)c1ccccc1. The summed E-state index contributed by atoms with van der Waals surface area (Å²) in [5.74, 6) is 0.899. The fourth-order valence-corrected chi connectivity index (χ4v) is 3.75. The lowest BCUT2D eigenvalue weighted by atomic mass is 10.0. The molecule has 1 atom stereocenters. The molecule has 29 heavy (non-hydrogen) atoms. The lowest BCUT2D eigenvalue weighted by molar-refractivity contribution is 0.302. The molecule has 0 aliphatic rings. The second-order valence-electron chi connectivity index (χ2n) is 7.20. The van der Waals surface area contributed by atoms with Crippen LogP contribution in [0.3, 0.4) is 0 Å². The van der Waals surface area contributed by atoms with Crippen LogP contribution in [0.2, 0.25) is 5.02 Å². The summed E-state index contributed by atoms with van der Waals surface area (Å²) in [6.07, 6.45) is 0. The van der Waals surface area contributed by atoms with Crippen molar-refractivity contribution in [3.05, 3.63) is 113 Å². The van der Waals surface area contributed by atoms with E-state index in [0.717, 1.165) is 22.9 Å². The molecule has 0 fully saturated rings. The second kappa shape index (κ2) is 9.13.